The lowest BCUT2D eigenvalue weighted by Gasteiger charge is -2.26. The van der Waals surface area contributed by atoms with Crippen LogP contribution in [-0.4, -0.2) is 24.3 Å². The van der Waals surface area contributed by atoms with Crippen molar-refractivity contribution in [2.24, 2.45) is 0 Å². The summed E-state index contributed by atoms with van der Waals surface area (Å²) < 4.78 is 5.65. The summed E-state index contributed by atoms with van der Waals surface area (Å²) in [7, 11) is 0. The van der Waals surface area contributed by atoms with E-state index < -0.39 is 6.10 Å². The molecule has 1 amide bonds. The van der Waals surface area contributed by atoms with Crippen molar-refractivity contribution in [1.82, 2.24) is 5.32 Å². The summed E-state index contributed by atoms with van der Waals surface area (Å²) >= 11 is 1.42. The van der Waals surface area contributed by atoms with Gasteiger partial charge in [-0.1, -0.05) is 30.3 Å². The summed E-state index contributed by atoms with van der Waals surface area (Å²) in [4.78, 5) is 25.3. The Hall–Kier alpha value is -1.98. The van der Waals surface area contributed by atoms with Crippen LogP contribution in [0, 0.1) is 0 Å². The van der Waals surface area contributed by atoms with Gasteiger partial charge in [0.2, 0.25) is 0 Å². The predicted octanol–water partition coefficient (Wildman–Crippen LogP) is 3.14. The molecule has 2 aromatic rings. The summed E-state index contributed by atoms with van der Waals surface area (Å²) in [6.45, 7) is 2.38. The molecule has 0 radical (unpaired) electrons. The number of thiophene rings is 1. The normalized spacial score (nSPS) is 18.0. The fraction of sp³-hybridized carbons (Fsp3) is 0.333. The molecule has 4 nitrogen and oxygen atoms in total. The van der Waals surface area contributed by atoms with Crippen LogP contribution < -0.4 is 5.32 Å². The summed E-state index contributed by atoms with van der Waals surface area (Å²) in [6.07, 6.45) is 0.534. The molecular weight excluding hydrogens is 310 g/mol. The number of carbonyl (C=O) groups excluding carboxylic acids is 2. The monoisotopic (exact) mass is 329 g/mol. The Kier molecular flexibility index (Phi) is 4.88. The van der Waals surface area contributed by atoms with E-state index in [0.29, 0.717) is 13.0 Å². The van der Waals surface area contributed by atoms with E-state index in [1.807, 2.05) is 48.7 Å². The Morgan fingerprint density at radius 3 is 2.91 bits per heavy atom. The first kappa shape index (κ1) is 15.9. The molecule has 5 heteroatoms. The standard InChI is InChI=1S/C18H19NO3S/c1-12(11-15(20)16-7-4-10-23-16)19-18(21)17-14-6-3-2-5-13(14)8-9-22-17/h2-7,10,12,17H,8-9,11H2,1H3,(H,19,21)/t12-,17-/m0/s1. The minimum Gasteiger partial charge on any atom is -0.363 e. The van der Waals surface area contributed by atoms with Crippen LogP contribution >= 0.6 is 11.3 Å². The zero-order valence-corrected chi connectivity index (χ0v) is 13.8. The molecule has 1 aromatic carbocycles. The number of carbonyl (C=O) groups is 2. The van der Waals surface area contributed by atoms with E-state index in [1.165, 1.54) is 11.3 Å². The third-order valence-electron chi connectivity index (χ3n) is 3.91. The molecule has 2 atom stereocenters. The van der Waals surface area contributed by atoms with Crippen molar-refractivity contribution in [2.75, 3.05) is 6.61 Å². The SMILES string of the molecule is C[C@@H](CC(=O)c1cccs1)NC(=O)[C@H]1OCCc2ccccc21. The Balaban J connectivity index is 1.62. The van der Waals surface area contributed by atoms with Crippen LogP contribution in [0.5, 0.6) is 0 Å². The van der Waals surface area contributed by atoms with Crippen molar-refractivity contribution in [1.29, 1.82) is 0 Å². The van der Waals surface area contributed by atoms with Crippen LogP contribution in [0.4, 0.5) is 0 Å². The first-order valence-corrected chi connectivity index (χ1v) is 8.59. The van der Waals surface area contributed by atoms with Crippen molar-refractivity contribution in [3.63, 3.8) is 0 Å². The largest absolute Gasteiger partial charge is 0.363 e. The van der Waals surface area contributed by atoms with E-state index in [-0.39, 0.29) is 17.7 Å². The van der Waals surface area contributed by atoms with Gasteiger partial charge in [-0.3, -0.25) is 9.59 Å². The molecule has 0 aliphatic carbocycles. The van der Waals surface area contributed by atoms with Crippen molar-refractivity contribution in [2.45, 2.75) is 31.9 Å². The van der Waals surface area contributed by atoms with Gasteiger partial charge in [0.1, 0.15) is 0 Å². The van der Waals surface area contributed by atoms with E-state index in [0.717, 1.165) is 22.4 Å². The lowest BCUT2D eigenvalue weighted by molar-refractivity contribution is -0.134. The molecule has 1 N–H and O–H groups in total. The molecule has 23 heavy (non-hydrogen) atoms. The summed E-state index contributed by atoms with van der Waals surface area (Å²) in [5.41, 5.74) is 2.08. The van der Waals surface area contributed by atoms with Gasteiger partial charge >= 0.3 is 0 Å². The summed E-state index contributed by atoms with van der Waals surface area (Å²) in [5.74, 6) is -0.124. The highest BCUT2D eigenvalue weighted by Crippen LogP contribution is 2.27. The topological polar surface area (TPSA) is 55.4 Å². The number of ketones is 1. The number of ether oxygens (including phenoxy) is 1. The zero-order valence-electron chi connectivity index (χ0n) is 13.0. The van der Waals surface area contributed by atoms with Crippen LogP contribution in [-0.2, 0) is 16.0 Å². The number of amides is 1. The Morgan fingerprint density at radius 1 is 1.30 bits per heavy atom. The first-order chi connectivity index (χ1) is 11.1. The molecule has 0 saturated carbocycles. The second kappa shape index (κ2) is 7.06. The van der Waals surface area contributed by atoms with Crippen molar-refractivity contribution < 1.29 is 14.3 Å². The average Bonchev–Trinajstić information content (AvgIpc) is 3.08. The molecular formula is C18H19NO3S. The third-order valence-corrected chi connectivity index (χ3v) is 4.82. The van der Waals surface area contributed by atoms with Gasteiger partial charge < -0.3 is 10.1 Å². The third kappa shape index (κ3) is 3.68. The van der Waals surface area contributed by atoms with Gasteiger partial charge in [0, 0.05) is 12.5 Å². The number of Topliss-reactive ketones (excluding diaryl/α,β-unsaturated/α-hetero) is 1. The van der Waals surface area contributed by atoms with E-state index in [2.05, 4.69) is 5.32 Å². The van der Waals surface area contributed by atoms with Gasteiger partial charge in [-0.25, -0.2) is 0 Å². The van der Waals surface area contributed by atoms with E-state index in [4.69, 9.17) is 4.74 Å². The highest BCUT2D eigenvalue weighted by Gasteiger charge is 2.28. The van der Waals surface area contributed by atoms with Gasteiger partial charge in [0.15, 0.2) is 11.9 Å². The maximum absolute atomic E-state index is 12.5. The van der Waals surface area contributed by atoms with Gasteiger partial charge in [0.25, 0.3) is 5.91 Å². The zero-order chi connectivity index (χ0) is 16.2. The molecule has 1 aliphatic rings. The molecule has 1 aliphatic heterocycles. The Labute approximate surface area is 139 Å². The second-order valence-electron chi connectivity index (χ2n) is 5.71. The second-order valence-corrected chi connectivity index (χ2v) is 6.66. The van der Waals surface area contributed by atoms with Crippen LogP contribution in [0.25, 0.3) is 0 Å². The maximum atomic E-state index is 12.5. The van der Waals surface area contributed by atoms with Gasteiger partial charge in [-0.2, -0.15) is 0 Å². The smallest absolute Gasteiger partial charge is 0.253 e. The summed E-state index contributed by atoms with van der Waals surface area (Å²) in [6, 6.07) is 11.3. The number of nitrogens with one attached hydrogen (secondary N) is 1. The molecule has 0 unspecified atom stereocenters. The molecule has 0 bridgehead atoms. The average molecular weight is 329 g/mol. The van der Waals surface area contributed by atoms with Crippen LogP contribution in [0.15, 0.2) is 41.8 Å². The number of benzene rings is 1. The fourth-order valence-corrected chi connectivity index (χ4v) is 3.47. The number of hydrogen-bond donors (Lipinski definition) is 1. The first-order valence-electron chi connectivity index (χ1n) is 7.71. The highest BCUT2D eigenvalue weighted by atomic mass is 32.1. The molecule has 2 heterocycles. The van der Waals surface area contributed by atoms with Crippen molar-refractivity contribution in [3.8, 4) is 0 Å². The number of rotatable bonds is 5. The molecule has 120 valence electrons. The Morgan fingerprint density at radius 2 is 2.13 bits per heavy atom. The minimum atomic E-state index is -0.584. The van der Waals surface area contributed by atoms with Crippen LogP contribution in [0.2, 0.25) is 0 Å². The maximum Gasteiger partial charge on any atom is 0.253 e. The van der Waals surface area contributed by atoms with Gasteiger partial charge in [0.05, 0.1) is 11.5 Å². The van der Waals surface area contributed by atoms with E-state index in [9.17, 15) is 9.59 Å². The van der Waals surface area contributed by atoms with Crippen molar-refractivity contribution >= 4 is 23.0 Å². The van der Waals surface area contributed by atoms with Crippen LogP contribution in [0.1, 0.15) is 40.2 Å². The van der Waals surface area contributed by atoms with E-state index in [1.54, 1.807) is 0 Å². The lowest BCUT2D eigenvalue weighted by atomic mass is 9.97. The lowest BCUT2D eigenvalue weighted by Crippen LogP contribution is -2.39. The van der Waals surface area contributed by atoms with E-state index >= 15 is 0 Å². The fourth-order valence-electron chi connectivity index (χ4n) is 2.80. The molecule has 0 spiro atoms. The molecule has 1 aromatic heterocycles. The molecule has 0 fully saturated rings. The molecule has 0 saturated heterocycles. The van der Waals surface area contributed by atoms with Crippen LogP contribution in [0.3, 0.4) is 0 Å². The van der Waals surface area contributed by atoms with Gasteiger partial charge in [-0.15, -0.1) is 11.3 Å². The summed E-state index contributed by atoms with van der Waals surface area (Å²) in [5, 5.41) is 4.78. The quantitative estimate of drug-likeness (QED) is 0.858. The molecule has 3 rings (SSSR count). The highest BCUT2D eigenvalue weighted by molar-refractivity contribution is 7.12. The van der Waals surface area contributed by atoms with Gasteiger partial charge in [-0.05, 0) is 35.9 Å². The number of fused-ring (bicyclic) bond motifs is 1. The number of hydrogen-bond acceptors (Lipinski definition) is 4. The minimum absolute atomic E-state index is 0.0535. The predicted molar refractivity (Wildman–Crippen MR) is 89.7 cm³/mol. The van der Waals surface area contributed by atoms with Crippen molar-refractivity contribution in [3.05, 3.63) is 57.8 Å². The Bertz CT molecular complexity index is 696.